The van der Waals surface area contributed by atoms with E-state index in [9.17, 15) is 9.90 Å². The van der Waals surface area contributed by atoms with Crippen LogP contribution >= 0.6 is 0 Å². The number of benzene rings is 1. The molecule has 3 atom stereocenters. The first-order valence-corrected chi connectivity index (χ1v) is 6.89. The molecule has 1 fully saturated rings. The van der Waals surface area contributed by atoms with Crippen LogP contribution in [0.4, 0.5) is 0 Å². The summed E-state index contributed by atoms with van der Waals surface area (Å²) < 4.78 is 10.6. The monoisotopic (exact) mass is 277 g/mol. The first-order chi connectivity index (χ1) is 9.63. The van der Waals surface area contributed by atoms with Crippen molar-refractivity contribution in [3.8, 4) is 11.5 Å². The molecule has 2 aliphatic rings. The minimum atomic E-state index is -0.299. The molecule has 1 amide bonds. The molecule has 0 aromatic heterocycles. The van der Waals surface area contributed by atoms with Gasteiger partial charge in [0.1, 0.15) is 0 Å². The lowest BCUT2D eigenvalue weighted by atomic mass is 9.74. The molecule has 0 spiro atoms. The lowest BCUT2D eigenvalue weighted by Crippen LogP contribution is -2.48. The maximum absolute atomic E-state index is 12.2. The number of ether oxygens (including phenoxy) is 2. The van der Waals surface area contributed by atoms with Crippen LogP contribution in [0.3, 0.4) is 0 Å². The van der Waals surface area contributed by atoms with E-state index >= 15 is 0 Å². The molecule has 0 unspecified atom stereocenters. The summed E-state index contributed by atoms with van der Waals surface area (Å²) in [6, 6.07) is 3.71. The van der Waals surface area contributed by atoms with Gasteiger partial charge in [0.05, 0.1) is 20.3 Å². The van der Waals surface area contributed by atoms with E-state index in [0.29, 0.717) is 23.5 Å². The molecule has 0 saturated heterocycles. The molecule has 0 radical (unpaired) electrons. The fourth-order valence-electron chi connectivity index (χ4n) is 3.31. The highest BCUT2D eigenvalue weighted by atomic mass is 16.5. The van der Waals surface area contributed by atoms with Crippen LogP contribution in [-0.2, 0) is 0 Å². The van der Waals surface area contributed by atoms with E-state index in [2.05, 4.69) is 5.32 Å². The topological polar surface area (TPSA) is 67.8 Å². The number of amides is 1. The summed E-state index contributed by atoms with van der Waals surface area (Å²) >= 11 is 0. The van der Waals surface area contributed by atoms with Gasteiger partial charge in [0.25, 0.3) is 5.91 Å². The van der Waals surface area contributed by atoms with Gasteiger partial charge in [-0.2, -0.15) is 0 Å². The van der Waals surface area contributed by atoms with Crippen LogP contribution in [0, 0.1) is 0 Å². The van der Waals surface area contributed by atoms with E-state index in [0.717, 1.165) is 18.4 Å². The van der Waals surface area contributed by atoms with E-state index < -0.39 is 0 Å². The largest absolute Gasteiger partial charge is 0.493 e. The Morgan fingerprint density at radius 3 is 2.60 bits per heavy atom. The number of carbonyl (C=O) groups excluding carboxylic acids is 1. The fourth-order valence-corrected chi connectivity index (χ4v) is 3.31. The van der Waals surface area contributed by atoms with E-state index in [-0.39, 0.29) is 24.0 Å². The molecule has 3 rings (SSSR count). The van der Waals surface area contributed by atoms with Gasteiger partial charge in [-0.25, -0.2) is 0 Å². The van der Waals surface area contributed by atoms with Crippen LogP contribution in [0.15, 0.2) is 12.1 Å². The van der Waals surface area contributed by atoms with Crippen LogP contribution in [0.5, 0.6) is 11.5 Å². The number of hydrogen-bond acceptors (Lipinski definition) is 4. The third-order valence-corrected chi connectivity index (χ3v) is 4.34. The van der Waals surface area contributed by atoms with Crippen LogP contribution in [0.1, 0.15) is 41.1 Å². The number of fused-ring (bicyclic) bond motifs is 3. The SMILES string of the molecule is COc1cc2c(cc1OC)[C@H]1C[C@H](O)CC[C@@H]1NC2=O. The molecule has 2 N–H and O–H groups in total. The van der Waals surface area contributed by atoms with Gasteiger partial charge >= 0.3 is 0 Å². The molecule has 1 aromatic carbocycles. The van der Waals surface area contributed by atoms with Crippen molar-refractivity contribution in [2.75, 3.05) is 14.2 Å². The van der Waals surface area contributed by atoms with Crippen molar-refractivity contribution in [2.45, 2.75) is 37.3 Å². The summed E-state index contributed by atoms with van der Waals surface area (Å²) in [6.07, 6.45) is 1.93. The summed E-state index contributed by atoms with van der Waals surface area (Å²) in [5.74, 6) is 1.25. The summed E-state index contributed by atoms with van der Waals surface area (Å²) in [7, 11) is 3.14. The Morgan fingerprint density at radius 2 is 1.90 bits per heavy atom. The number of carbonyl (C=O) groups is 1. The maximum atomic E-state index is 12.2. The molecule has 1 aliphatic carbocycles. The predicted octanol–water partition coefficient (Wildman–Crippen LogP) is 1.44. The lowest BCUT2D eigenvalue weighted by Gasteiger charge is -2.39. The minimum Gasteiger partial charge on any atom is -0.493 e. The maximum Gasteiger partial charge on any atom is 0.251 e. The third kappa shape index (κ3) is 2.02. The standard InChI is InChI=1S/C15H19NO4/c1-19-13-6-9-10-5-8(17)3-4-12(10)16-15(18)11(9)7-14(13)20-2/h6-8,10,12,17H,3-5H2,1-2H3,(H,16,18)/t8-,10-,12+/m1/s1. The molecule has 5 heteroatoms. The fraction of sp³-hybridized carbons (Fsp3) is 0.533. The van der Waals surface area contributed by atoms with Crippen molar-refractivity contribution in [1.82, 2.24) is 5.32 Å². The van der Waals surface area contributed by atoms with Gasteiger partial charge in [0.2, 0.25) is 0 Å². The summed E-state index contributed by atoms with van der Waals surface area (Å²) in [5.41, 5.74) is 1.58. The molecule has 5 nitrogen and oxygen atoms in total. The van der Waals surface area contributed by atoms with Crippen LogP contribution in [0.25, 0.3) is 0 Å². The molecule has 0 bridgehead atoms. The van der Waals surface area contributed by atoms with Gasteiger partial charge in [-0.1, -0.05) is 0 Å². The molecule has 108 valence electrons. The van der Waals surface area contributed by atoms with Crippen molar-refractivity contribution < 1.29 is 19.4 Å². The van der Waals surface area contributed by atoms with E-state index in [1.54, 1.807) is 20.3 Å². The second kappa shape index (κ2) is 4.98. The normalized spacial score (nSPS) is 28.1. The van der Waals surface area contributed by atoms with Crippen LogP contribution in [0.2, 0.25) is 0 Å². The van der Waals surface area contributed by atoms with Gasteiger partial charge < -0.3 is 19.9 Å². The quantitative estimate of drug-likeness (QED) is 0.858. The molecule has 1 aromatic rings. The summed E-state index contributed by atoms with van der Waals surface area (Å²) in [6.45, 7) is 0. The predicted molar refractivity (Wildman–Crippen MR) is 73.4 cm³/mol. The first-order valence-electron chi connectivity index (χ1n) is 6.89. The number of methoxy groups -OCH3 is 2. The van der Waals surface area contributed by atoms with Gasteiger partial charge in [0.15, 0.2) is 11.5 Å². The first kappa shape index (κ1) is 13.2. The van der Waals surface area contributed by atoms with E-state index in [1.165, 1.54) is 0 Å². The Balaban J connectivity index is 2.09. The van der Waals surface area contributed by atoms with E-state index in [4.69, 9.17) is 9.47 Å². The Bertz CT molecular complexity index is 543. The summed E-state index contributed by atoms with van der Waals surface area (Å²) in [5, 5.41) is 12.9. The molecule has 1 aliphatic heterocycles. The second-order valence-electron chi connectivity index (χ2n) is 5.45. The molecular weight excluding hydrogens is 258 g/mol. The molecule has 1 saturated carbocycles. The number of hydrogen-bond donors (Lipinski definition) is 2. The Labute approximate surface area is 117 Å². The molecule has 1 heterocycles. The van der Waals surface area contributed by atoms with Crippen molar-refractivity contribution in [3.63, 3.8) is 0 Å². The van der Waals surface area contributed by atoms with Gasteiger partial charge in [0, 0.05) is 17.5 Å². The van der Waals surface area contributed by atoms with Crippen molar-refractivity contribution >= 4 is 5.91 Å². The zero-order valence-corrected chi connectivity index (χ0v) is 11.7. The number of aliphatic hydroxyl groups is 1. The van der Waals surface area contributed by atoms with Crippen molar-refractivity contribution in [3.05, 3.63) is 23.3 Å². The molecule has 20 heavy (non-hydrogen) atoms. The average Bonchev–Trinajstić information content (AvgIpc) is 2.47. The highest BCUT2D eigenvalue weighted by Gasteiger charge is 2.38. The lowest BCUT2D eigenvalue weighted by molar-refractivity contribution is 0.0778. The van der Waals surface area contributed by atoms with Crippen LogP contribution < -0.4 is 14.8 Å². The Kier molecular flexibility index (Phi) is 3.30. The highest BCUT2D eigenvalue weighted by molar-refractivity contribution is 5.98. The average molecular weight is 277 g/mol. The smallest absolute Gasteiger partial charge is 0.251 e. The number of aliphatic hydroxyl groups excluding tert-OH is 1. The highest BCUT2D eigenvalue weighted by Crippen LogP contribution is 2.42. The van der Waals surface area contributed by atoms with Crippen LogP contribution in [-0.4, -0.2) is 37.4 Å². The number of nitrogens with one attached hydrogen (secondary N) is 1. The third-order valence-electron chi connectivity index (χ3n) is 4.34. The Morgan fingerprint density at radius 1 is 1.20 bits per heavy atom. The number of rotatable bonds is 2. The van der Waals surface area contributed by atoms with E-state index in [1.807, 2.05) is 6.07 Å². The summed E-state index contributed by atoms with van der Waals surface area (Å²) in [4.78, 5) is 12.2. The van der Waals surface area contributed by atoms with Gasteiger partial charge in [-0.3, -0.25) is 4.79 Å². The zero-order valence-electron chi connectivity index (χ0n) is 11.7. The van der Waals surface area contributed by atoms with Crippen molar-refractivity contribution in [1.29, 1.82) is 0 Å². The second-order valence-corrected chi connectivity index (χ2v) is 5.45. The van der Waals surface area contributed by atoms with Gasteiger partial charge in [-0.05, 0) is 37.0 Å². The minimum absolute atomic E-state index is 0.0707. The Hall–Kier alpha value is -1.75. The molecular formula is C15H19NO4. The zero-order chi connectivity index (χ0) is 14.3. The van der Waals surface area contributed by atoms with Crippen molar-refractivity contribution in [2.24, 2.45) is 0 Å². The van der Waals surface area contributed by atoms with Gasteiger partial charge in [-0.15, -0.1) is 0 Å².